The normalized spacial score (nSPS) is 31.3. The molecule has 0 aliphatic carbocycles. The number of likely N-dealkylation sites (tertiary alicyclic amines) is 1. The minimum atomic E-state index is -1.04. The molecule has 186 valence electrons. The lowest BCUT2D eigenvalue weighted by molar-refractivity contribution is -0.147. The molecule has 3 saturated heterocycles. The van der Waals surface area contributed by atoms with Crippen molar-refractivity contribution in [2.45, 2.75) is 76.8 Å². The van der Waals surface area contributed by atoms with Crippen LogP contribution in [0.25, 0.3) is 0 Å². The van der Waals surface area contributed by atoms with E-state index in [2.05, 4.69) is 10.6 Å². The number of ether oxygens (including phenoxy) is 1. The van der Waals surface area contributed by atoms with Crippen molar-refractivity contribution in [3.63, 3.8) is 0 Å². The zero-order valence-corrected chi connectivity index (χ0v) is 20.3. The van der Waals surface area contributed by atoms with Crippen molar-refractivity contribution >= 4 is 17.7 Å². The lowest BCUT2D eigenvalue weighted by Gasteiger charge is -2.38. The maximum Gasteiger partial charge on any atom is 0.246 e. The van der Waals surface area contributed by atoms with Crippen LogP contribution < -0.4 is 10.6 Å². The highest BCUT2D eigenvalue weighted by atomic mass is 16.5. The largest absolute Gasteiger partial charge is 0.394 e. The van der Waals surface area contributed by atoms with E-state index in [0.717, 1.165) is 18.4 Å². The van der Waals surface area contributed by atoms with Gasteiger partial charge in [0.1, 0.15) is 11.6 Å². The number of nitrogens with zero attached hydrogens (tertiary/aromatic N) is 1. The Balaban J connectivity index is 1.68. The molecule has 2 bridgehead atoms. The predicted molar refractivity (Wildman–Crippen MR) is 126 cm³/mol. The summed E-state index contributed by atoms with van der Waals surface area (Å²) in [4.78, 5) is 42.3. The Kier molecular flexibility index (Phi) is 7.28. The van der Waals surface area contributed by atoms with Crippen LogP contribution in [0.5, 0.6) is 0 Å². The number of hydrogen-bond acceptors (Lipinski definition) is 5. The van der Waals surface area contributed by atoms with Crippen LogP contribution in [0.3, 0.4) is 0 Å². The zero-order valence-electron chi connectivity index (χ0n) is 20.3. The number of nitrogens with one attached hydrogen (secondary N) is 2. The first-order chi connectivity index (χ1) is 16.4. The minimum absolute atomic E-state index is 0.0156. The average Bonchev–Trinajstić information content (AvgIpc) is 3.50. The fourth-order valence-corrected chi connectivity index (χ4v) is 6.11. The maximum absolute atomic E-state index is 13.9. The van der Waals surface area contributed by atoms with Crippen molar-refractivity contribution in [1.29, 1.82) is 0 Å². The van der Waals surface area contributed by atoms with Gasteiger partial charge in [-0.2, -0.15) is 0 Å². The van der Waals surface area contributed by atoms with E-state index in [1.807, 2.05) is 51.1 Å². The number of aliphatic hydroxyl groups excluding tert-OH is 1. The molecule has 1 aromatic rings. The summed E-state index contributed by atoms with van der Waals surface area (Å²) in [7, 11) is 0. The Morgan fingerprint density at radius 3 is 2.59 bits per heavy atom. The van der Waals surface area contributed by atoms with E-state index in [1.54, 1.807) is 4.90 Å². The summed E-state index contributed by atoms with van der Waals surface area (Å²) in [6.07, 6.45) is 2.36. The van der Waals surface area contributed by atoms with Crippen LogP contribution in [-0.4, -0.2) is 64.7 Å². The Bertz CT molecular complexity index is 909. The Morgan fingerprint density at radius 2 is 1.94 bits per heavy atom. The van der Waals surface area contributed by atoms with Gasteiger partial charge in [-0.15, -0.1) is 0 Å². The Morgan fingerprint density at radius 1 is 1.21 bits per heavy atom. The third kappa shape index (κ3) is 4.01. The molecule has 2 unspecified atom stereocenters. The Hall–Kier alpha value is -2.45. The summed E-state index contributed by atoms with van der Waals surface area (Å²) in [6.45, 7) is 6.57. The molecule has 3 aliphatic rings. The molecule has 8 heteroatoms. The zero-order chi connectivity index (χ0) is 24.5. The first kappa shape index (κ1) is 24.7. The third-order valence-electron chi connectivity index (χ3n) is 7.99. The number of amides is 3. The number of rotatable bonds is 10. The van der Waals surface area contributed by atoms with E-state index in [9.17, 15) is 19.5 Å². The second-order valence-corrected chi connectivity index (χ2v) is 9.93. The quantitative estimate of drug-likeness (QED) is 0.481. The molecule has 3 N–H and O–H groups in total. The lowest BCUT2D eigenvalue weighted by atomic mass is 9.70. The summed E-state index contributed by atoms with van der Waals surface area (Å²) in [6, 6.07) is 8.20. The van der Waals surface area contributed by atoms with Crippen molar-refractivity contribution in [2.75, 3.05) is 13.2 Å². The van der Waals surface area contributed by atoms with Gasteiger partial charge in [0.05, 0.1) is 30.6 Å². The molecule has 0 radical (unpaired) electrons. The first-order valence-corrected chi connectivity index (χ1v) is 12.6. The van der Waals surface area contributed by atoms with Crippen LogP contribution in [-0.2, 0) is 25.7 Å². The topological polar surface area (TPSA) is 108 Å². The van der Waals surface area contributed by atoms with Gasteiger partial charge in [-0.1, -0.05) is 57.5 Å². The SMILES string of the molecule is CCCNC(=O)[C@@H]1[C@H]2C(=O)N([C@@H](CO)[C@@H](C)CC)C(C(=O)NCc3ccccc3)C23CC[C@H]1O3. The molecule has 3 heterocycles. The highest BCUT2D eigenvalue weighted by Crippen LogP contribution is 2.59. The second-order valence-electron chi connectivity index (χ2n) is 9.93. The number of fused-ring (bicyclic) bond motifs is 1. The fourth-order valence-electron chi connectivity index (χ4n) is 6.11. The second kappa shape index (κ2) is 10.0. The van der Waals surface area contributed by atoms with E-state index < -0.39 is 29.5 Å². The van der Waals surface area contributed by atoms with Gasteiger partial charge in [0.25, 0.3) is 0 Å². The van der Waals surface area contributed by atoms with Crippen molar-refractivity contribution in [1.82, 2.24) is 15.5 Å². The summed E-state index contributed by atoms with van der Waals surface area (Å²) in [5, 5.41) is 16.2. The van der Waals surface area contributed by atoms with E-state index in [0.29, 0.717) is 25.9 Å². The van der Waals surface area contributed by atoms with Gasteiger partial charge in [-0.25, -0.2) is 0 Å². The monoisotopic (exact) mass is 471 g/mol. The number of hydrogen-bond donors (Lipinski definition) is 3. The summed E-state index contributed by atoms with van der Waals surface area (Å²) in [5.74, 6) is -2.07. The van der Waals surface area contributed by atoms with Gasteiger partial charge >= 0.3 is 0 Å². The molecule has 0 aromatic heterocycles. The lowest BCUT2D eigenvalue weighted by Crippen LogP contribution is -2.59. The van der Waals surface area contributed by atoms with Crippen LogP contribution >= 0.6 is 0 Å². The van der Waals surface area contributed by atoms with Crippen molar-refractivity contribution in [3.8, 4) is 0 Å². The number of carbonyl (C=O) groups is 3. The molecular formula is C26H37N3O5. The molecule has 3 amide bonds. The standard InChI is InChI=1S/C26H37N3O5/c1-4-13-27-23(31)20-19-11-12-26(34-19)21(20)25(33)29(18(15-30)16(3)5-2)22(26)24(32)28-14-17-9-7-6-8-10-17/h6-10,16,18-22,30H,4-5,11-15H2,1-3H3,(H,27,31)(H,28,32)/t16-,18-,19+,20-,21-,22?,26?/m0/s1. The number of carbonyl (C=O) groups excluding carboxylic acids is 3. The molecule has 7 atom stereocenters. The average molecular weight is 472 g/mol. The van der Waals surface area contributed by atoms with Crippen LogP contribution in [0.2, 0.25) is 0 Å². The van der Waals surface area contributed by atoms with Crippen LogP contribution in [0.4, 0.5) is 0 Å². The minimum Gasteiger partial charge on any atom is -0.394 e. The molecule has 0 saturated carbocycles. The van der Waals surface area contributed by atoms with Gasteiger partial charge in [0.15, 0.2) is 0 Å². The molecule has 3 aliphatic heterocycles. The van der Waals surface area contributed by atoms with Gasteiger partial charge in [0.2, 0.25) is 17.7 Å². The summed E-state index contributed by atoms with van der Waals surface area (Å²) >= 11 is 0. The van der Waals surface area contributed by atoms with E-state index in [4.69, 9.17) is 4.74 Å². The third-order valence-corrected chi connectivity index (χ3v) is 7.99. The van der Waals surface area contributed by atoms with Crippen molar-refractivity contribution in [2.24, 2.45) is 17.8 Å². The Labute approximate surface area is 201 Å². The molecule has 4 rings (SSSR count). The highest BCUT2D eigenvalue weighted by Gasteiger charge is 2.75. The van der Waals surface area contributed by atoms with Crippen LogP contribution in [0.1, 0.15) is 52.0 Å². The van der Waals surface area contributed by atoms with E-state index in [1.165, 1.54) is 0 Å². The van der Waals surface area contributed by atoms with Gasteiger partial charge in [-0.3, -0.25) is 14.4 Å². The van der Waals surface area contributed by atoms with E-state index in [-0.39, 0.29) is 36.4 Å². The van der Waals surface area contributed by atoms with Gasteiger partial charge in [-0.05, 0) is 30.7 Å². The molecule has 8 nitrogen and oxygen atoms in total. The molecule has 1 spiro atoms. The fraction of sp³-hybridized carbons (Fsp3) is 0.654. The molecule has 3 fully saturated rings. The smallest absolute Gasteiger partial charge is 0.246 e. The van der Waals surface area contributed by atoms with Crippen molar-refractivity contribution in [3.05, 3.63) is 35.9 Å². The molecular weight excluding hydrogens is 434 g/mol. The van der Waals surface area contributed by atoms with Crippen LogP contribution in [0, 0.1) is 17.8 Å². The van der Waals surface area contributed by atoms with Gasteiger partial charge < -0.3 is 25.4 Å². The first-order valence-electron chi connectivity index (χ1n) is 12.6. The molecule has 1 aromatic carbocycles. The maximum atomic E-state index is 13.9. The predicted octanol–water partition coefficient (Wildman–Crippen LogP) is 1.61. The van der Waals surface area contributed by atoms with E-state index >= 15 is 0 Å². The highest BCUT2D eigenvalue weighted by molar-refractivity contribution is 5.99. The summed E-state index contributed by atoms with van der Waals surface area (Å²) < 4.78 is 6.43. The van der Waals surface area contributed by atoms with Crippen LogP contribution in [0.15, 0.2) is 30.3 Å². The molecule has 34 heavy (non-hydrogen) atoms. The number of benzene rings is 1. The van der Waals surface area contributed by atoms with Gasteiger partial charge in [0, 0.05) is 13.1 Å². The number of aliphatic hydroxyl groups is 1. The summed E-state index contributed by atoms with van der Waals surface area (Å²) in [5.41, 5.74) is -0.0904. The van der Waals surface area contributed by atoms with Crippen molar-refractivity contribution < 1.29 is 24.2 Å².